The first-order chi connectivity index (χ1) is 28.3. The minimum atomic E-state index is 1.11. The fourth-order valence-corrected chi connectivity index (χ4v) is 10.2. The van der Waals surface area contributed by atoms with Crippen molar-refractivity contribution in [1.82, 2.24) is 4.57 Å². The monoisotopic (exact) mass is 742 g/mol. The maximum atomic E-state index is 2.43. The number of hydrogen-bond acceptors (Lipinski definition) is 2. The Labute approximate surface area is 333 Å². The smallest absolute Gasteiger partial charge is 0.0541 e. The molecule has 0 aliphatic heterocycles. The van der Waals surface area contributed by atoms with Crippen LogP contribution >= 0.6 is 11.3 Å². The Morgan fingerprint density at radius 3 is 1.54 bits per heavy atom. The molecule has 0 radical (unpaired) electrons. The molecule has 57 heavy (non-hydrogen) atoms. The van der Waals surface area contributed by atoms with Gasteiger partial charge in [0.25, 0.3) is 0 Å². The number of hydrogen-bond donors (Lipinski definition) is 0. The van der Waals surface area contributed by atoms with Crippen molar-refractivity contribution >= 4 is 103 Å². The van der Waals surface area contributed by atoms with Crippen molar-refractivity contribution in [1.29, 1.82) is 0 Å². The highest BCUT2D eigenvalue weighted by atomic mass is 32.1. The third kappa shape index (κ3) is 5.03. The predicted molar refractivity (Wildman–Crippen MR) is 246 cm³/mol. The molecule has 0 atom stereocenters. The van der Waals surface area contributed by atoms with Crippen LogP contribution in [-0.4, -0.2) is 4.57 Å². The summed E-state index contributed by atoms with van der Waals surface area (Å²) >= 11 is 1.86. The second kappa shape index (κ2) is 12.7. The van der Waals surface area contributed by atoms with Crippen LogP contribution in [0.3, 0.4) is 0 Å². The van der Waals surface area contributed by atoms with Crippen LogP contribution < -0.4 is 4.90 Å². The van der Waals surface area contributed by atoms with Crippen LogP contribution in [0.5, 0.6) is 0 Å². The van der Waals surface area contributed by atoms with Gasteiger partial charge in [0.1, 0.15) is 0 Å². The molecule has 0 saturated carbocycles. The van der Waals surface area contributed by atoms with Gasteiger partial charge >= 0.3 is 0 Å². The minimum Gasteiger partial charge on any atom is -0.310 e. The summed E-state index contributed by atoms with van der Waals surface area (Å²) in [6.45, 7) is 0. The van der Waals surface area contributed by atoms with Gasteiger partial charge in [-0.25, -0.2) is 0 Å². The number of nitrogens with zero attached hydrogens (tertiary/aromatic N) is 2. The molecule has 2 heterocycles. The number of rotatable bonds is 5. The van der Waals surface area contributed by atoms with E-state index in [4.69, 9.17) is 0 Å². The van der Waals surface area contributed by atoms with Crippen molar-refractivity contribution in [3.63, 3.8) is 0 Å². The molecule has 0 unspecified atom stereocenters. The second-order valence-corrected chi connectivity index (χ2v) is 16.0. The topological polar surface area (TPSA) is 8.17 Å². The summed E-state index contributed by atoms with van der Waals surface area (Å²) in [5.74, 6) is 0. The Balaban J connectivity index is 1.03. The molecular formula is C54H34N2S. The number of thiophene rings is 1. The molecule has 2 aromatic heterocycles. The molecule has 2 nitrogen and oxygen atoms in total. The summed E-state index contributed by atoms with van der Waals surface area (Å²) < 4.78 is 4.99. The molecule has 3 heteroatoms. The molecule has 266 valence electrons. The quantitative estimate of drug-likeness (QED) is 0.159. The Morgan fingerprint density at radius 1 is 0.298 bits per heavy atom. The molecule has 0 saturated heterocycles. The van der Waals surface area contributed by atoms with E-state index in [1.54, 1.807) is 0 Å². The van der Waals surface area contributed by atoms with Crippen LogP contribution in [0.1, 0.15) is 0 Å². The van der Waals surface area contributed by atoms with Gasteiger partial charge in [0, 0.05) is 53.7 Å². The number of benzene rings is 10. The predicted octanol–water partition coefficient (Wildman–Crippen LogP) is 15.7. The maximum absolute atomic E-state index is 2.43. The lowest BCUT2D eigenvalue weighted by Gasteiger charge is -2.26. The van der Waals surface area contributed by atoms with Gasteiger partial charge in [-0.15, -0.1) is 11.3 Å². The Kier molecular flexibility index (Phi) is 7.13. The van der Waals surface area contributed by atoms with E-state index in [0.29, 0.717) is 0 Å². The Bertz CT molecular complexity index is 3490. The third-order valence-corrected chi connectivity index (χ3v) is 12.9. The van der Waals surface area contributed by atoms with Crippen molar-refractivity contribution in [2.75, 3.05) is 4.90 Å². The molecule has 10 aromatic carbocycles. The fourth-order valence-electron chi connectivity index (χ4n) is 9.15. The fraction of sp³-hybridized carbons (Fsp3) is 0. The highest BCUT2D eigenvalue weighted by Crippen LogP contribution is 2.44. The second-order valence-electron chi connectivity index (χ2n) is 14.9. The Hall–Kier alpha value is -7.20. The summed E-state index contributed by atoms with van der Waals surface area (Å²) in [4.78, 5) is 2.43. The maximum Gasteiger partial charge on any atom is 0.0541 e. The summed E-state index contributed by atoms with van der Waals surface area (Å²) in [7, 11) is 0. The normalized spacial score (nSPS) is 11.9. The van der Waals surface area contributed by atoms with Crippen molar-refractivity contribution in [2.24, 2.45) is 0 Å². The lowest BCUT2D eigenvalue weighted by atomic mass is 9.94. The highest BCUT2D eigenvalue weighted by Gasteiger charge is 2.18. The van der Waals surface area contributed by atoms with E-state index >= 15 is 0 Å². The summed E-state index contributed by atoms with van der Waals surface area (Å²) in [6.07, 6.45) is 0. The average molecular weight is 743 g/mol. The molecule has 12 rings (SSSR count). The van der Waals surface area contributed by atoms with Crippen molar-refractivity contribution < 1.29 is 0 Å². The van der Waals surface area contributed by atoms with Gasteiger partial charge in [-0.05, 0) is 122 Å². The molecule has 0 fully saturated rings. The molecule has 0 amide bonds. The number of para-hydroxylation sites is 2. The largest absolute Gasteiger partial charge is 0.310 e. The van der Waals surface area contributed by atoms with E-state index in [2.05, 4.69) is 216 Å². The molecular weight excluding hydrogens is 709 g/mol. The summed E-state index contributed by atoms with van der Waals surface area (Å²) in [6, 6.07) is 75.8. The van der Waals surface area contributed by atoms with Gasteiger partial charge in [-0.2, -0.15) is 0 Å². The van der Waals surface area contributed by atoms with Crippen molar-refractivity contribution in [3.8, 4) is 16.8 Å². The van der Waals surface area contributed by atoms with Gasteiger partial charge in [-0.1, -0.05) is 127 Å². The number of aromatic nitrogens is 1. The van der Waals surface area contributed by atoms with E-state index in [9.17, 15) is 0 Å². The van der Waals surface area contributed by atoms with E-state index < -0.39 is 0 Å². The van der Waals surface area contributed by atoms with E-state index in [1.165, 1.54) is 91.1 Å². The first kappa shape index (κ1) is 32.1. The Morgan fingerprint density at radius 2 is 0.807 bits per heavy atom. The van der Waals surface area contributed by atoms with Gasteiger partial charge in [0.2, 0.25) is 0 Å². The zero-order chi connectivity index (χ0) is 37.5. The molecule has 0 N–H and O–H groups in total. The molecule has 12 aromatic rings. The zero-order valence-corrected chi connectivity index (χ0v) is 31.7. The minimum absolute atomic E-state index is 1.11. The van der Waals surface area contributed by atoms with Crippen LogP contribution in [0.4, 0.5) is 17.1 Å². The molecule has 0 bridgehead atoms. The lowest BCUT2D eigenvalue weighted by Crippen LogP contribution is -2.09. The first-order valence-corrected chi connectivity index (χ1v) is 20.3. The lowest BCUT2D eigenvalue weighted by molar-refractivity contribution is 1.18. The SMILES string of the molecule is c1ccc(-n2c3ccccc3c3cc(-c4ccc(N(c5ccc6sc7ccccc7c6c5)c5ccc6c7ccccc7c7ccccc7c6c5)cc4)ccc32)cc1. The summed E-state index contributed by atoms with van der Waals surface area (Å²) in [5, 5.41) is 12.8. The first-order valence-electron chi connectivity index (χ1n) is 19.5. The van der Waals surface area contributed by atoms with E-state index in [-0.39, 0.29) is 0 Å². The average Bonchev–Trinajstić information content (AvgIpc) is 3.82. The van der Waals surface area contributed by atoms with Crippen LogP contribution in [-0.2, 0) is 0 Å². The third-order valence-electron chi connectivity index (χ3n) is 11.8. The standard InChI is InChI=1S/C54H34N2S/c1-2-12-37(13-3-1)56-51-20-10-8-18-46(51)49-32-36(24-30-52(49)56)35-22-25-38(26-23-35)55(40-28-31-54-50(34-40)47-19-9-11-21-53(47)57-54)39-27-29-45-43-16-5-4-14-41(43)42-15-6-7-17-44(42)48(45)33-39/h1-34H. The van der Waals surface area contributed by atoms with Crippen LogP contribution in [0, 0.1) is 0 Å². The summed E-state index contributed by atoms with van der Waals surface area (Å²) in [5.41, 5.74) is 9.37. The van der Waals surface area contributed by atoms with E-state index in [0.717, 1.165) is 17.1 Å². The van der Waals surface area contributed by atoms with Crippen molar-refractivity contribution in [2.45, 2.75) is 0 Å². The van der Waals surface area contributed by atoms with Crippen LogP contribution in [0.15, 0.2) is 206 Å². The van der Waals surface area contributed by atoms with Gasteiger partial charge in [0.15, 0.2) is 0 Å². The molecule has 0 spiro atoms. The highest BCUT2D eigenvalue weighted by molar-refractivity contribution is 7.25. The van der Waals surface area contributed by atoms with E-state index in [1.807, 2.05) is 11.3 Å². The van der Waals surface area contributed by atoms with Crippen LogP contribution in [0.25, 0.3) is 91.1 Å². The van der Waals surface area contributed by atoms with Crippen molar-refractivity contribution in [3.05, 3.63) is 206 Å². The molecule has 0 aliphatic carbocycles. The van der Waals surface area contributed by atoms with Gasteiger partial charge < -0.3 is 9.47 Å². The molecule has 0 aliphatic rings. The van der Waals surface area contributed by atoms with Gasteiger partial charge in [-0.3, -0.25) is 0 Å². The number of anilines is 3. The van der Waals surface area contributed by atoms with Gasteiger partial charge in [0.05, 0.1) is 11.0 Å². The zero-order valence-electron chi connectivity index (χ0n) is 30.9. The van der Waals surface area contributed by atoms with Crippen LogP contribution in [0.2, 0.25) is 0 Å². The number of fused-ring (bicyclic) bond motifs is 12.